The summed E-state index contributed by atoms with van der Waals surface area (Å²) in [6, 6.07) is 5.32. The summed E-state index contributed by atoms with van der Waals surface area (Å²) in [5, 5.41) is 24.9. The van der Waals surface area contributed by atoms with Gasteiger partial charge in [-0.05, 0) is 12.1 Å². The van der Waals surface area contributed by atoms with E-state index in [1.165, 1.54) is 17.8 Å². The molecule has 0 radical (unpaired) electrons. The Kier molecular flexibility index (Phi) is 5.91. The van der Waals surface area contributed by atoms with Gasteiger partial charge < -0.3 is 25.1 Å². The Morgan fingerprint density at radius 2 is 2.23 bits per heavy atom. The summed E-state index contributed by atoms with van der Waals surface area (Å²) in [5.41, 5.74) is 4.99. The molecule has 3 heterocycles. The van der Waals surface area contributed by atoms with Crippen LogP contribution in [0.3, 0.4) is 0 Å². The third kappa shape index (κ3) is 3.92. The van der Waals surface area contributed by atoms with Crippen molar-refractivity contribution in [1.82, 2.24) is 14.6 Å². The highest BCUT2D eigenvalue weighted by atomic mass is 16.6. The maximum Gasteiger partial charge on any atom is 0.308 e. The first kappa shape index (κ1) is 21.5. The minimum Gasteiger partial charge on any atom is -0.463 e. The van der Waals surface area contributed by atoms with Gasteiger partial charge in [-0.15, -0.1) is 0 Å². The maximum absolute atomic E-state index is 11.9. The number of hydrogen-bond acceptors (Lipinski definition) is 10. The molecule has 1 saturated heterocycles. The Bertz CT molecular complexity index is 999. The lowest BCUT2D eigenvalue weighted by atomic mass is 9.86. The van der Waals surface area contributed by atoms with Crippen molar-refractivity contribution in [2.75, 3.05) is 12.3 Å². The Balaban J connectivity index is 1.99. The van der Waals surface area contributed by atoms with E-state index in [0.29, 0.717) is 11.2 Å². The van der Waals surface area contributed by atoms with Crippen molar-refractivity contribution in [3.05, 3.63) is 24.2 Å². The first-order valence-electron chi connectivity index (χ1n) is 9.38. The SMILES string of the molecule is CC(=O)O[C@H]1[C@@H](O)C[C@](C#N)(c2ccc3c(N)ncnn23)O[C@@H]1COC(=O)C(C)C. The predicted octanol–water partition coefficient (Wildman–Crippen LogP) is 0.311. The van der Waals surface area contributed by atoms with Crippen LogP contribution in [0.15, 0.2) is 18.5 Å². The van der Waals surface area contributed by atoms with Gasteiger partial charge in [0.1, 0.15) is 30.6 Å². The van der Waals surface area contributed by atoms with E-state index in [1.807, 2.05) is 0 Å². The number of anilines is 1. The molecule has 0 saturated carbocycles. The number of nitrogen functional groups attached to an aromatic ring is 1. The molecule has 0 aliphatic carbocycles. The average molecular weight is 417 g/mol. The highest BCUT2D eigenvalue weighted by Gasteiger charge is 2.51. The van der Waals surface area contributed by atoms with E-state index < -0.39 is 35.9 Å². The molecule has 30 heavy (non-hydrogen) atoms. The minimum absolute atomic E-state index is 0.202. The van der Waals surface area contributed by atoms with Gasteiger partial charge in [-0.3, -0.25) is 9.59 Å². The molecule has 1 fully saturated rings. The van der Waals surface area contributed by atoms with Crippen LogP contribution in [0, 0.1) is 17.2 Å². The summed E-state index contributed by atoms with van der Waals surface area (Å²) in [7, 11) is 0. The van der Waals surface area contributed by atoms with Gasteiger partial charge in [0.2, 0.25) is 0 Å². The highest BCUT2D eigenvalue weighted by molar-refractivity contribution is 5.71. The fourth-order valence-corrected chi connectivity index (χ4v) is 3.39. The number of aliphatic hydroxyl groups is 1. The molecular weight excluding hydrogens is 394 g/mol. The van der Waals surface area contributed by atoms with Crippen LogP contribution in [0.2, 0.25) is 0 Å². The summed E-state index contributed by atoms with van der Waals surface area (Å²) in [6.45, 7) is 4.21. The van der Waals surface area contributed by atoms with Crippen molar-refractivity contribution in [3.63, 3.8) is 0 Å². The smallest absolute Gasteiger partial charge is 0.308 e. The molecule has 160 valence electrons. The number of nitrogens with zero attached hydrogens (tertiary/aromatic N) is 4. The number of esters is 2. The number of aliphatic hydroxyl groups excluding tert-OH is 1. The first-order valence-corrected chi connectivity index (χ1v) is 9.38. The maximum atomic E-state index is 11.9. The number of nitrogens with two attached hydrogens (primary N) is 1. The molecule has 0 aromatic carbocycles. The van der Waals surface area contributed by atoms with Crippen LogP contribution in [0.5, 0.6) is 0 Å². The highest BCUT2D eigenvalue weighted by Crippen LogP contribution is 2.39. The molecule has 0 unspecified atom stereocenters. The van der Waals surface area contributed by atoms with Crippen molar-refractivity contribution in [1.29, 1.82) is 5.26 Å². The number of carbonyl (C=O) groups is 2. The molecule has 1 aliphatic heterocycles. The van der Waals surface area contributed by atoms with Gasteiger partial charge in [0.05, 0.1) is 17.7 Å². The number of ether oxygens (including phenoxy) is 3. The minimum atomic E-state index is -1.65. The molecule has 2 aromatic rings. The molecule has 3 N–H and O–H groups in total. The third-order valence-electron chi connectivity index (χ3n) is 4.83. The molecule has 3 rings (SSSR count). The van der Waals surface area contributed by atoms with E-state index in [2.05, 4.69) is 16.2 Å². The Hall–Kier alpha value is -3.23. The molecule has 2 aromatic heterocycles. The second-order valence-corrected chi connectivity index (χ2v) is 7.39. The molecule has 11 heteroatoms. The van der Waals surface area contributed by atoms with E-state index in [1.54, 1.807) is 26.0 Å². The number of carbonyl (C=O) groups excluding carboxylic acids is 2. The summed E-state index contributed by atoms with van der Waals surface area (Å²) in [5.74, 6) is -1.31. The molecule has 0 spiro atoms. The second kappa shape index (κ2) is 8.25. The lowest BCUT2D eigenvalue weighted by Crippen LogP contribution is -2.56. The zero-order valence-electron chi connectivity index (χ0n) is 16.8. The monoisotopic (exact) mass is 417 g/mol. The fourth-order valence-electron chi connectivity index (χ4n) is 3.39. The second-order valence-electron chi connectivity index (χ2n) is 7.39. The largest absolute Gasteiger partial charge is 0.463 e. The third-order valence-corrected chi connectivity index (χ3v) is 4.83. The van der Waals surface area contributed by atoms with Crippen LogP contribution in [-0.4, -0.2) is 56.6 Å². The van der Waals surface area contributed by atoms with Crippen LogP contribution in [-0.2, 0) is 29.4 Å². The van der Waals surface area contributed by atoms with Crippen molar-refractivity contribution in [2.24, 2.45) is 5.92 Å². The molecule has 0 amide bonds. The van der Waals surface area contributed by atoms with E-state index in [-0.39, 0.29) is 24.8 Å². The lowest BCUT2D eigenvalue weighted by molar-refractivity contribution is -0.226. The Morgan fingerprint density at radius 3 is 2.87 bits per heavy atom. The van der Waals surface area contributed by atoms with Crippen LogP contribution >= 0.6 is 0 Å². The van der Waals surface area contributed by atoms with Gasteiger partial charge in [0.15, 0.2) is 17.5 Å². The summed E-state index contributed by atoms with van der Waals surface area (Å²) in [6.07, 6.45) is -2.42. The van der Waals surface area contributed by atoms with Crippen molar-refractivity contribution in [3.8, 4) is 6.07 Å². The standard InChI is InChI=1S/C19H23N5O6/c1-10(2)18(27)28-7-14-16(29-11(3)25)13(26)6-19(8-20,30-14)15-5-4-12-17(21)22-9-23-24(12)15/h4-5,9-10,13-14,16,26H,6-7H2,1-3H3,(H2,21,22,23)/t13-,14+,16-,19-/m0/s1. The van der Waals surface area contributed by atoms with Gasteiger partial charge in [-0.1, -0.05) is 13.8 Å². The van der Waals surface area contributed by atoms with E-state index >= 15 is 0 Å². The van der Waals surface area contributed by atoms with Crippen LogP contribution < -0.4 is 5.73 Å². The van der Waals surface area contributed by atoms with Crippen molar-refractivity contribution < 1.29 is 28.9 Å². The average Bonchev–Trinajstić information content (AvgIpc) is 3.14. The zero-order valence-corrected chi connectivity index (χ0v) is 16.8. The number of nitriles is 1. The number of aromatic nitrogens is 3. The van der Waals surface area contributed by atoms with Crippen molar-refractivity contribution in [2.45, 2.75) is 51.1 Å². The predicted molar refractivity (Wildman–Crippen MR) is 102 cm³/mol. The topological polar surface area (TPSA) is 162 Å². The fraction of sp³-hybridized carbons (Fsp3) is 0.526. The number of hydrogen-bond donors (Lipinski definition) is 2. The van der Waals surface area contributed by atoms with Gasteiger partial charge in [0.25, 0.3) is 0 Å². The quantitative estimate of drug-likeness (QED) is 0.647. The van der Waals surface area contributed by atoms with Gasteiger partial charge in [-0.2, -0.15) is 10.4 Å². The summed E-state index contributed by atoms with van der Waals surface area (Å²) in [4.78, 5) is 27.4. The number of rotatable bonds is 5. The lowest BCUT2D eigenvalue weighted by Gasteiger charge is -2.42. The summed E-state index contributed by atoms with van der Waals surface area (Å²) >= 11 is 0. The molecule has 11 nitrogen and oxygen atoms in total. The number of fused-ring (bicyclic) bond motifs is 1. The molecular formula is C19H23N5O6. The van der Waals surface area contributed by atoms with E-state index in [4.69, 9.17) is 19.9 Å². The van der Waals surface area contributed by atoms with Crippen LogP contribution in [0.4, 0.5) is 5.82 Å². The molecule has 0 bridgehead atoms. The Labute approximate surface area is 172 Å². The summed E-state index contributed by atoms with van der Waals surface area (Å²) < 4.78 is 17.9. The van der Waals surface area contributed by atoms with Crippen LogP contribution in [0.25, 0.3) is 5.52 Å². The normalized spacial score (nSPS) is 26.3. The molecule has 4 atom stereocenters. The van der Waals surface area contributed by atoms with E-state index in [9.17, 15) is 20.0 Å². The Morgan fingerprint density at radius 1 is 1.50 bits per heavy atom. The van der Waals surface area contributed by atoms with E-state index in [0.717, 1.165) is 0 Å². The van der Waals surface area contributed by atoms with Crippen LogP contribution in [0.1, 0.15) is 32.9 Å². The molecule has 1 aliphatic rings. The zero-order chi connectivity index (χ0) is 22.1. The van der Waals surface area contributed by atoms with Gasteiger partial charge in [-0.25, -0.2) is 9.50 Å². The first-order chi connectivity index (χ1) is 14.2. The van der Waals surface area contributed by atoms with Crippen molar-refractivity contribution >= 4 is 23.3 Å². The van der Waals surface area contributed by atoms with Gasteiger partial charge in [0, 0.05) is 13.3 Å². The van der Waals surface area contributed by atoms with Gasteiger partial charge >= 0.3 is 11.9 Å².